The van der Waals surface area contributed by atoms with Crippen molar-refractivity contribution in [2.45, 2.75) is 26.3 Å². The molecule has 0 saturated carbocycles. The quantitative estimate of drug-likeness (QED) is 0.678. The fourth-order valence-electron chi connectivity index (χ4n) is 2.99. The van der Waals surface area contributed by atoms with Gasteiger partial charge in [-0.1, -0.05) is 13.0 Å². The largest absolute Gasteiger partial charge is 0.454 e. The van der Waals surface area contributed by atoms with E-state index in [0.717, 1.165) is 25.1 Å². The summed E-state index contributed by atoms with van der Waals surface area (Å²) >= 11 is 0. The third kappa shape index (κ3) is 3.80. The van der Waals surface area contributed by atoms with E-state index in [-0.39, 0.29) is 18.3 Å². The molecule has 1 N–H and O–H groups in total. The van der Waals surface area contributed by atoms with Crippen LogP contribution in [0, 0.1) is 17.2 Å². The molecule has 1 fully saturated rings. The zero-order valence-electron chi connectivity index (χ0n) is 13.7. The smallest absolute Gasteiger partial charge is 0.263 e. The summed E-state index contributed by atoms with van der Waals surface area (Å²) in [5.74, 6) is 1.63. The summed E-state index contributed by atoms with van der Waals surface area (Å²) in [6.07, 6.45) is 3.97. The molecule has 2 aliphatic rings. The van der Waals surface area contributed by atoms with Crippen LogP contribution in [0.3, 0.4) is 0 Å². The minimum atomic E-state index is -0.353. The van der Waals surface area contributed by atoms with Gasteiger partial charge in [0.05, 0.1) is 0 Å². The lowest BCUT2D eigenvalue weighted by Crippen LogP contribution is -2.32. The third-order valence-corrected chi connectivity index (χ3v) is 4.26. The number of piperidine rings is 1. The van der Waals surface area contributed by atoms with Crippen LogP contribution in [0.25, 0.3) is 0 Å². The van der Waals surface area contributed by atoms with Crippen molar-refractivity contribution in [2.75, 3.05) is 19.9 Å². The first-order valence-corrected chi connectivity index (χ1v) is 8.18. The highest BCUT2D eigenvalue weighted by Crippen LogP contribution is 2.32. The van der Waals surface area contributed by atoms with Gasteiger partial charge in [-0.2, -0.15) is 5.26 Å². The van der Waals surface area contributed by atoms with Crippen LogP contribution in [0.5, 0.6) is 11.5 Å². The second-order valence-corrected chi connectivity index (χ2v) is 6.27. The Labute approximate surface area is 141 Å². The van der Waals surface area contributed by atoms with E-state index in [4.69, 9.17) is 9.47 Å². The van der Waals surface area contributed by atoms with E-state index >= 15 is 0 Å². The third-order valence-electron chi connectivity index (χ3n) is 4.26. The highest BCUT2D eigenvalue weighted by Gasteiger charge is 2.17. The summed E-state index contributed by atoms with van der Waals surface area (Å²) in [6, 6.07) is 7.53. The van der Waals surface area contributed by atoms with Crippen LogP contribution in [0.15, 0.2) is 30.0 Å². The second-order valence-electron chi connectivity index (χ2n) is 6.27. The van der Waals surface area contributed by atoms with E-state index in [1.54, 1.807) is 6.20 Å². The van der Waals surface area contributed by atoms with Crippen molar-refractivity contribution < 1.29 is 14.3 Å². The van der Waals surface area contributed by atoms with Gasteiger partial charge in [0.2, 0.25) is 6.79 Å². The zero-order chi connectivity index (χ0) is 16.9. The first kappa shape index (κ1) is 16.2. The molecular weight excluding hydrogens is 306 g/mol. The van der Waals surface area contributed by atoms with Gasteiger partial charge in [0.1, 0.15) is 11.6 Å². The van der Waals surface area contributed by atoms with Gasteiger partial charge in [-0.25, -0.2) is 0 Å². The van der Waals surface area contributed by atoms with Crippen LogP contribution in [0.2, 0.25) is 0 Å². The van der Waals surface area contributed by atoms with Crippen molar-refractivity contribution in [2.24, 2.45) is 5.92 Å². The lowest BCUT2D eigenvalue weighted by atomic mass is 10.0. The molecule has 1 aromatic rings. The van der Waals surface area contributed by atoms with Crippen LogP contribution < -0.4 is 14.8 Å². The molecule has 1 atom stereocenters. The maximum Gasteiger partial charge on any atom is 0.263 e. The molecule has 0 radical (unpaired) electrons. The van der Waals surface area contributed by atoms with Crippen LogP contribution in [-0.2, 0) is 11.3 Å². The van der Waals surface area contributed by atoms with E-state index in [1.165, 1.54) is 6.42 Å². The van der Waals surface area contributed by atoms with Gasteiger partial charge in [0.15, 0.2) is 11.5 Å². The van der Waals surface area contributed by atoms with Crippen LogP contribution >= 0.6 is 0 Å². The van der Waals surface area contributed by atoms with Crippen LogP contribution in [0.4, 0.5) is 0 Å². The molecular formula is C18H21N3O3. The van der Waals surface area contributed by atoms with E-state index in [2.05, 4.69) is 17.1 Å². The van der Waals surface area contributed by atoms with Gasteiger partial charge in [0, 0.05) is 25.8 Å². The molecule has 1 unspecified atom stereocenters. The molecule has 0 aromatic heterocycles. The van der Waals surface area contributed by atoms with Crippen molar-refractivity contribution >= 4 is 5.91 Å². The number of nitriles is 1. The number of amides is 1. The number of nitrogens with one attached hydrogen (secondary N) is 1. The standard InChI is InChI=1S/C18H21N3O3/c1-13-3-2-6-21(10-13)11-15(8-19)18(22)20-9-14-4-5-16-17(7-14)24-12-23-16/h4-5,7,11,13H,2-3,6,9-10,12H2,1H3,(H,20,22)/b15-11-. The highest BCUT2D eigenvalue weighted by atomic mass is 16.7. The van der Waals surface area contributed by atoms with Gasteiger partial charge in [0.25, 0.3) is 5.91 Å². The van der Waals surface area contributed by atoms with Gasteiger partial charge >= 0.3 is 0 Å². The summed E-state index contributed by atoms with van der Waals surface area (Å²) in [7, 11) is 0. The Morgan fingerprint density at radius 3 is 3.08 bits per heavy atom. The van der Waals surface area contributed by atoms with Crippen molar-refractivity contribution in [3.8, 4) is 17.6 Å². The topological polar surface area (TPSA) is 74.6 Å². The Morgan fingerprint density at radius 1 is 1.46 bits per heavy atom. The lowest BCUT2D eigenvalue weighted by Gasteiger charge is -2.29. The maximum atomic E-state index is 12.3. The van der Waals surface area contributed by atoms with Crippen molar-refractivity contribution in [3.63, 3.8) is 0 Å². The fraction of sp³-hybridized carbons (Fsp3) is 0.444. The van der Waals surface area contributed by atoms with Crippen molar-refractivity contribution in [1.29, 1.82) is 5.26 Å². The molecule has 2 aliphatic heterocycles. The Bertz CT molecular complexity index is 693. The number of carbonyl (C=O) groups excluding carboxylic acids is 1. The number of benzene rings is 1. The molecule has 0 bridgehead atoms. The minimum absolute atomic E-state index is 0.143. The normalized spacial score (nSPS) is 19.8. The van der Waals surface area contributed by atoms with E-state index < -0.39 is 0 Å². The molecule has 1 saturated heterocycles. The molecule has 1 aromatic carbocycles. The van der Waals surface area contributed by atoms with E-state index in [9.17, 15) is 10.1 Å². The van der Waals surface area contributed by atoms with Crippen LogP contribution in [-0.4, -0.2) is 30.7 Å². The number of ether oxygens (including phenoxy) is 2. The van der Waals surface area contributed by atoms with E-state index in [0.29, 0.717) is 24.0 Å². The average Bonchev–Trinajstić information content (AvgIpc) is 3.05. The Balaban J connectivity index is 1.59. The number of carbonyl (C=O) groups is 1. The number of hydrogen-bond acceptors (Lipinski definition) is 5. The molecule has 24 heavy (non-hydrogen) atoms. The molecule has 1 amide bonds. The molecule has 126 valence electrons. The first-order valence-electron chi connectivity index (χ1n) is 8.18. The summed E-state index contributed by atoms with van der Waals surface area (Å²) < 4.78 is 10.6. The molecule has 6 heteroatoms. The Kier molecular flexibility index (Phi) is 4.90. The monoisotopic (exact) mass is 327 g/mol. The lowest BCUT2D eigenvalue weighted by molar-refractivity contribution is -0.117. The molecule has 3 rings (SSSR count). The van der Waals surface area contributed by atoms with Gasteiger partial charge in [-0.05, 0) is 36.5 Å². The number of rotatable bonds is 4. The van der Waals surface area contributed by atoms with Gasteiger partial charge in [-0.15, -0.1) is 0 Å². The molecule has 6 nitrogen and oxygen atoms in total. The minimum Gasteiger partial charge on any atom is -0.454 e. The molecule has 2 heterocycles. The second kappa shape index (κ2) is 7.26. The van der Waals surface area contributed by atoms with Crippen molar-refractivity contribution in [3.05, 3.63) is 35.5 Å². The number of hydrogen-bond donors (Lipinski definition) is 1. The Hall–Kier alpha value is -2.68. The predicted octanol–water partition coefficient (Wildman–Crippen LogP) is 2.17. The molecule has 0 spiro atoms. The average molecular weight is 327 g/mol. The Morgan fingerprint density at radius 2 is 2.29 bits per heavy atom. The number of fused-ring (bicyclic) bond motifs is 1. The maximum absolute atomic E-state index is 12.3. The molecule has 0 aliphatic carbocycles. The SMILES string of the molecule is CC1CCCN(/C=C(/C#N)C(=O)NCc2ccc3c(c2)OCO3)C1. The summed E-state index contributed by atoms with van der Waals surface area (Å²) in [5, 5.41) is 12.1. The zero-order valence-corrected chi connectivity index (χ0v) is 13.7. The van der Waals surface area contributed by atoms with Crippen LogP contribution in [0.1, 0.15) is 25.3 Å². The number of nitrogens with zero attached hydrogens (tertiary/aromatic N) is 2. The fourth-order valence-corrected chi connectivity index (χ4v) is 2.99. The van der Waals surface area contributed by atoms with Gasteiger partial charge in [-0.3, -0.25) is 4.79 Å². The van der Waals surface area contributed by atoms with Gasteiger partial charge < -0.3 is 19.7 Å². The first-order chi connectivity index (χ1) is 11.7. The highest BCUT2D eigenvalue weighted by molar-refractivity contribution is 5.97. The van der Waals surface area contributed by atoms with E-state index in [1.807, 2.05) is 24.3 Å². The number of likely N-dealkylation sites (tertiary alicyclic amines) is 1. The summed E-state index contributed by atoms with van der Waals surface area (Å²) in [4.78, 5) is 14.3. The predicted molar refractivity (Wildman–Crippen MR) is 88.1 cm³/mol. The summed E-state index contributed by atoms with van der Waals surface area (Å²) in [5.41, 5.74) is 1.04. The summed E-state index contributed by atoms with van der Waals surface area (Å²) in [6.45, 7) is 4.53. The van der Waals surface area contributed by atoms with Crippen molar-refractivity contribution in [1.82, 2.24) is 10.2 Å².